The zero-order chi connectivity index (χ0) is 29.9. The van der Waals surface area contributed by atoms with Gasteiger partial charge in [0.1, 0.15) is 0 Å². The minimum Gasteiger partial charge on any atom is -0.378 e. The van der Waals surface area contributed by atoms with Crippen molar-refractivity contribution >= 4 is 43.4 Å². The summed E-state index contributed by atoms with van der Waals surface area (Å²) in [5.74, 6) is -2.87. The largest absolute Gasteiger partial charge is 0.378 e. The van der Waals surface area contributed by atoms with E-state index in [2.05, 4.69) is 43.4 Å². The van der Waals surface area contributed by atoms with Gasteiger partial charge in [-0.2, -0.15) is 13.5 Å². The summed E-state index contributed by atoms with van der Waals surface area (Å²) < 4.78 is 58.4. The molecule has 1 atom stereocenters. The summed E-state index contributed by atoms with van der Waals surface area (Å²) in [4.78, 5) is 0. The van der Waals surface area contributed by atoms with E-state index in [1.54, 1.807) is 0 Å². The van der Waals surface area contributed by atoms with Crippen LogP contribution in [0.15, 0.2) is 37.9 Å². The quantitative estimate of drug-likeness (QED) is 0.398. The van der Waals surface area contributed by atoms with E-state index in [1.807, 2.05) is 0 Å². The van der Waals surface area contributed by atoms with E-state index in [0.29, 0.717) is 105 Å². The Morgan fingerprint density at radius 3 is 1.58 bits per heavy atom. The lowest BCUT2D eigenvalue weighted by Crippen LogP contribution is -2.41. The van der Waals surface area contributed by atoms with Crippen molar-refractivity contribution in [3.05, 3.63) is 24.3 Å². The average Bonchev–Trinajstić information content (AvgIpc) is 3.47. The molecule has 0 aromatic rings. The first-order valence-electron chi connectivity index (χ1n) is 15.2. The fourth-order valence-electron chi connectivity index (χ4n) is 5.40. The highest BCUT2D eigenvalue weighted by atomic mass is 35.9. The number of rotatable bonds is 4. The van der Waals surface area contributed by atoms with Gasteiger partial charge in [0.25, 0.3) is 5.91 Å². The lowest BCUT2D eigenvalue weighted by molar-refractivity contribution is -0.00116. The zero-order valence-corrected chi connectivity index (χ0v) is 29.0. The maximum Gasteiger partial charge on any atom is 0.257 e. The summed E-state index contributed by atoms with van der Waals surface area (Å²) in [6.07, 6.45) is 9.62. The predicted octanol–water partition coefficient (Wildman–Crippen LogP) is 5.08. The summed E-state index contributed by atoms with van der Waals surface area (Å²) in [7, 11) is -5.68. The van der Waals surface area contributed by atoms with Crippen LogP contribution in [0.5, 0.6) is 0 Å². The fourth-order valence-corrected chi connectivity index (χ4v) is 20.3. The first-order chi connectivity index (χ1) is 21.0. The molecule has 0 bridgehead atoms. The third-order valence-corrected chi connectivity index (χ3v) is 19.7. The van der Waals surface area contributed by atoms with Crippen LogP contribution in [0.2, 0.25) is 0 Å². The molecule has 0 radical (unpaired) electrons. The molecule has 3 saturated heterocycles. The Hall–Kier alpha value is 0.350. The molecule has 13 nitrogen and oxygen atoms in total. The van der Waals surface area contributed by atoms with Crippen LogP contribution >= 0.6 is 43.4 Å². The Balaban J connectivity index is 1.59. The van der Waals surface area contributed by atoms with Crippen LogP contribution in [0.25, 0.3) is 0 Å². The molecule has 3 fully saturated rings. The van der Waals surface area contributed by atoms with Crippen LogP contribution in [0.4, 0.5) is 0 Å². The Kier molecular flexibility index (Phi) is 14.1. The molecular formula is C25H46Cl2N7O6P3. The van der Waals surface area contributed by atoms with Crippen LogP contribution < -0.4 is 5.09 Å². The van der Waals surface area contributed by atoms with Crippen LogP contribution in [0, 0.1) is 5.92 Å². The minimum atomic E-state index is -3.15. The van der Waals surface area contributed by atoms with Crippen LogP contribution in [0.3, 0.4) is 0 Å². The molecule has 0 amide bonds. The van der Waals surface area contributed by atoms with Crippen molar-refractivity contribution in [2.75, 3.05) is 125 Å². The highest BCUT2D eigenvalue weighted by Crippen LogP contribution is 2.83. The molecule has 0 aromatic heterocycles. The van der Waals surface area contributed by atoms with E-state index in [1.165, 1.54) is 0 Å². The normalized spacial score (nSPS) is 31.5. The van der Waals surface area contributed by atoms with E-state index >= 15 is 0 Å². The third kappa shape index (κ3) is 9.92. The van der Waals surface area contributed by atoms with Gasteiger partial charge in [0.2, 0.25) is 15.0 Å². The number of hydrogen-bond acceptors (Lipinski definition) is 13. The second-order valence-electron chi connectivity index (χ2n) is 10.5. The summed E-state index contributed by atoms with van der Waals surface area (Å²) in [5.41, 5.74) is 0. The van der Waals surface area contributed by atoms with Gasteiger partial charge in [-0.25, -0.2) is 14.0 Å². The minimum absolute atomic E-state index is 0.281. The SMILES string of the molecule is ClP1(Cl)=NP2(=NP(N3CCOCCOCCOCC3)(N3CCOCCOCCOCC3)=N1)NCCCN2CC1C=CC=C1. The molecule has 246 valence electrons. The lowest BCUT2D eigenvalue weighted by Gasteiger charge is -2.47. The van der Waals surface area contributed by atoms with Crippen LogP contribution in [-0.2, 0) is 28.4 Å². The molecule has 5 rings (SSSR count). The molecule has 0 aromatic carbocycles. The molecular weight excluding hydrogens is 658 g/mol. The third-order valence-electron chi connectivity index (χ3n) is 7.49. The van der Waals surface area contributed by atoms with E-state index in [9.17, 15) is 0 Å². The van der Waals surface area contributed by atoms with Crippen molar-refractivity contribution in [1.29, 1.82) is 0 Å². The number of nitrogens with one attached hydrogen (secondary N) is 1. The van der Waals surface area contributed by atoms with Crippen molar-refractivity contribution in [1.82, 2.24) is 19.1 Å². The summed E-state index contributed by atoms with van der Waals surface area (Å²) in [5, 5.41) is 3.76. The Morgan fingerprint density at radius 1 is 0.628 bits per heavy atom. The fraction of sp³-hybridized carbons (Fsp3) is 0.840. The molecule has 1 N–H and O–H groups in total. The molecule has 18 heteroatoms. The topological polar surface area (TPSA) is 114 Å². The van der Waals surface area contributed by atoms with Gasteiger partial charge >= 0.3 is 0 Å². The molecule has 5 aliphatic rings. The second-order valence-corrected chi connectivity index (χ2v) is 21.1. The van der Waals surface area contributed by atoms with E-state index in [0.717, 1.165) is 26.1 Å². The summed E-state index contributed by atoms with van der Waals surface area (Å²) in [6, 6.07) is 0. The molecule has 0 saturated carbocycles. The highest BCUT2D eigenvalue weighted by Gasteiger charge is 2.46. The van der Waals surface area contributed by atoms with E-state index in [-0.39, 0.29) is 5.92 Å². The number of ether oxygens (including phenoxy) is 6. The lowest BCUT2D eigenvalue weighted by atomic mass is 10.2. The van der Waals surface area contributed by atoms with Crippen LogP contribution in [0.1, 0.15) is 6.42 Å². The second kappa shape index (κ2) is 17.5. The summed E-state index contributed by atoms with van der Waals surface area (Å²) >= 11 is 14.4. The molecule has 1 unspecified atom stereocenters. The van der Waals surface area contributed by atoms with Gasteiger partial charge in [-0.05, 0) is 28.9 Å². The van der Waals surface area contributed by atoms with Crippen molar-refractivity contribution < 1.29 is 28.4 Å². The first kappa shape index (κ1) is 34.7. The molecule has 43 heavy (non-hydrogen) atoms. The molecule has 4 aliphatic heterocycles. The predicted molar refractivity (Wildman–Crippen MR) is 174 cm³/mol. The number of halogens is 2. The Morgan fingerprint density at radius 2 is 1.09 bits per heavy atom. The first-order valence-corrected chi connectivity index (χ1v) is 21.9. The number of nitrogens with zero attached hydrogens (tertiary/aromatic N) is 6. The number of allylic oxidation sites excluding steroid dienone is 2. The van der Waals surface area contributed by atoms with Crippen molar-refractivity contribution in [3.8, 4) is 0 Å². The van der Waals surface area contributed by atoms with Gasteiger partial charge in [0.15, 0.2) is 0 Å². The van der Waals surface area contributed by atoms with Gasteiger partial charge < -0.3 is 28.4 Å². The Labute approximate surface area is 265 Å². The Bertz CT molecular complexity index is 1060. The number of hydrogen-bond donors (Lipinski definition) is 1. The van der Waals surface area contributed by atoms with Crippen molar-refractivity contribution in [2.24, 2.45) is 19.5 Å². The van der Waals surface area contributed by atoms with Gasteiger partial charge in [-0.1, -0.05) is 24.3 Å². The van der Waals surface area contributed by atoms with Gasteiger partial charge in [-0.15, -0.1) is 0 Å². The van der Waals surface area contributed by atoms with Crippen molar-refractivity contribution in [3.63, 3.8) is 0 Å². The molecule has 1 aliphatic carbocycles. The van der Waals surface area contributed by atoms with Gasteiger partial charge in [0.05, 0.1) is 79.3 Å². The maximum atomic E-state index is 7.19. The monoisotopic (exact) mass is 703 g/mol. The highest BCUT2D eigenvalue weighted by molar-refractivity contribution is 8.13. The standard InChI is InChI=1S/C25H46Cl2N7O6P3/c26-41(27)29-42(28-6-3-7-34(42)24-25-4-1-2-5-25)31-43(30-41,32-8-12-35-16-20-39-21-17-36-13-9-32)33-10-14-37-18-22-40-23-19-38-15-11-33/h1-2,4-5,25,28H,3,6-24H2. The molecule has 4 heterocycles. The van der Waals surface area contributed by atoms with Crippen molar-refractivity contribution in [2.45, 2.75) is 6.42 Å². The maximum absolute atomic E-state index is 7.19. The summed E-state index contributed by atoms with van der Waals surface area (Å²) in [6.45, 7) is 10.8. The van der Waals surface area contributed by atoms with Gasteiger partial charge in [0, 0.05) is 51.7 Å². The van der Waals surface area contributed by atoms with Gasteiger partial charge in [-0.3, -0.25) is 5.09 Å². The van der Waals surface area contributed by atoms with Crippen LogP contribution in [-0.4, -0.2) is 139 Å². The van der Waals surface area contributed by atoms with E-state index in [4.69, 9.17) is 64.4 Å². The van der Waals surface area contributed by atoms with E-state index < -0.39 is 20.9 Å². The average molecular weight is 705 g/mol. The molecule has 1 spiro atoms. The zero-order valence-electron chi connectivity index (χ0n) is 24.8. The smallest absolute Gasteiger partial charge is 0.257 e.